The Morgan fingerprint density at radius 1 is 1.04 bits per heavy atom. The summed E-state index contributed by atoms with van der Waals surface area (Å²) >= 11 is 0. The number of rotatable bonds is 6. The van der Waals surface area contributed by atoms with Crippen LogP contribution in [0, 0.1) is 5.82 Å². The minimum absolute atomic E-state index is 0.360. The van der Waals surface area contributed by atoms with Gasteiger partial charge in [0.25, 0.3) is 5.91 Å². The van der Waals surface area contributed by atoms with E-state index in [4.69, 9.17) is 14.2 Å². The molecule has 5 nitrogen and oxygen atoms in total. The van der Waals surface area contributed by atoms with Gasteiger partial charge in [0, 0.05) is 6.07 Å². The van der Waals surface area contributed by atoms with Crippen LogP contribution in [-0.2, 0) is 4.79 Å². The third-order valence-corrected chi connectivity index (χ3v) is 3.16. The maximum Gasteiger partial charge on any atom is 0.265 e. The van der Waals surface area contributed by atoms with Gasteiger partial charge in [-0.1, -0.05) is 0 Å². The SMILES string of the molecule is COc1ccc(OC)c(NC(=O)[C@@H](C)Oc2ccc(F)cc2)c1. The van der Waals surface area contributed by atoms with Crippen LogP contribution < -0.4 is 19.5 Å². The summed E-state index contributed by atoms with van der Waals surface area (Å²) in [5.74, 6) is 0.782. The highest BCUT2D eigenvalue weighted by Crippen LogP contribution is 2.29. The highest BCUT2D eigenvalue weighted by Gasteiger charge is 2.17. The van der Waals surface area contributed by atoms with Crippen LogP contribution in [0.15, 0.2) is 42.5 Å². The molecule has 1 amide bonds. The van der Waals surface area contributed by atoms with E-state index in [-0.39, 0.29) is 11.7 Å². The summed E-state index contributed by atoms with van der Waals surface area (Å²) in [6.07, 6.45) is -0.767. The van der Waals surface area contributed by atoms with E-state index >= 15 is 0 Å². The van der Waals surface area contributed by atoms with E-state index < -0.39 is 6.10 Å². The molecule has 2 aromatic rings. The molecule has 0 saturated heterocycles. The molecular weight excluding hydrogens is 301 g/mol. The average Bonchev–Trinajstić information content (AvgIpc) is 2.56. The van der Waals surface area contributed by atoms with Crippen molar-refractivity contribution >= 4 is 11.6 Å². The Labute approximate surface area is 134 Å². The van der Waals surface area contributed by atoms with Crippen LogP contribution in [0.1, 0.15) is 6.92 Å². The van der Waals surface area contributed by atoms with Gasteiger partial charge < -0.3 is 19.5 Å². The lowest BCUT2D eigenvalue weighted by atomic mass is 10.2. The van der Waals surface area contributed by atoms with Crippen LogP contribution in [0.2, 0.25) is 0 Å². The third-order valence-electron chi connectivity index (χ3n) is 3.16. The molecule has 0 aliphatic carbocycles. The van der Waals surface area contributed by atoms with Crippen LogP contribution >= 0.6 is 0 Å². The summed E-state index contributed by atoms with van der Waals surface area (Å²) in [6, 6.07) is 10.5. The molecule has 0 aromatic heterocycles. The summed E-state index contributed by atoms with van der Waals surface area (Å²) in [6.45, 7) is 1.60. The number of anilines is 1. The lowest BCUT2D eigenvalue weighted by Crippen LogP contribution is -2.30. The van der Waals surface area contributed by atoms with Crippen molar-refractivity contribution in [2.24, 2.45) is 0 Å². The maximum absolute atomic E-state index is 12.9. The topological polar surface area (TPSA) is 56.8 Å². The van der Waals surface area contributed by atoms with Crippen molar-refractivity contribution in [2.75, 3.05) is 19.5 Å². The van der Waals surface area contributed by atoms with Gasteiger partial charge in [0.2, 0.25) is 0 Å². The molecule has 1 atom stereocenters. The van der Waals surface area contributed by atoms with Crippen molar-refractivity contribution < 1.29 is 23.4 Å². The molecule has 0 aliphatic heterocycles. The minimum Gasteiger partial charge on any atom is -0.497 e. The van der Waals surface area contributed by atoms with Gasteiger partial charge in [-0.15, -0.1) is 0 Å². The number of benzene rings is 2. The first kappa shape index (κ1) is 16.6. The number of nitrogens with one attached hydrogen (secondary N) is 1. The second-order valence-corrected chi connectivity index (χ2v) is 4.77. The average molecular weight is 319 g/mol. The van der Waals surface area contributed by atoms with Crippen molar-refractivity contribution in [3.63, 3.8) is 0 Å². The van der Waals surface area contributed by atoms with Gasteiger partial charge in [0.05, 0.1) is 19.9 Å². The molecule has 0 spiro atoms. The van der Waals surface area contributed by atoms with Crippen LogP contribution in [-0.4, -0.2) is 26.2 Å². The van der Waals surface area contributed by atoms with E-state index in [1.54, 1.807) is 25.1 Å². The predicted molar refractivity (Wildman–Crippen MR) is 84.7 cm³/mol. The second kappa shape index (κ2) is 7.49. The number of carbonyl (C=O) groups is 1. The van der Waals surface area contributed by atoms with Gasteiger partial charge in [-0.2, -0.15) is 0 Å². The molecular formula is C17H18FNO4. The van der Waals surface area contributed by atoms with Gasteiger partial charge in [-0.05, 0) is 43.3 Å². The molecule has 0 aliphatic rings. The van der Waals surface area contributed by atoms with Crippen molar-refractivity contribution in [3.8, 4) is 17.2 Å². The van der Waals surface area contributed by atoms with E-state index in [0.29, 0.717) is 22.9 Å². The van der Waals surface area contributed by atoms with Gasteiger partial charge in [-0.25, -0.2) is 4.39 Å². The number of halogens is 1. The Hall–Kier alpha value is -2.76. The molecule has 6 heteroatoms. The monoisotopic (exact) mass is 319 g/mol. The molecule has 0 saturated carbocycles. The first-order valence-corrected chi connectivity index (χ1v) is 6.98. The Morgan fingerprint density at radius 3 is 2.30 bits per heavy atom. The minimum atomic E-state index is -0.767. The normalized spacial score (nSPS) is 11.5. The molecule has 122 valence electrons. The van der Waals surface area contributed by atoms with Crippen LogP contribution in [0.25, 0.3) is 0 Å². The fourth-order valence-electron chi connectivity index (χ4n) is 1.92. The van der Waals surface area contributed by atoms with Crippen LogP contribution in [0.4, 0.5) is 10.1 Å². The van der Waals surface area contributed by atoms with E-state index in [1.807, 2.05) is 0 Å². The van der Waals surface area contributed by atoms with Crippen molar-refractivity contribution in [1.29, 1.82) is 0 Å². The molecule has 2 rings (SSSR count). The molecule has 0 radical (unpaired) electrons. The lowest BCUT2D eigenvalue weighted by molar-refractivity contribution is -0.122. The molecule has 1 N–H and O–H groups in total. The molecule has 0 fully saturated rings. The van der Waals surface area contributed by atoms with E-state index in [9.17, 15) is 9.18 Å². The van der Waals surface area contributed by atoms with Gasteiger partial charge in [0.15, 0.2) is 6.10 Å². The third kappa shape index (κ3) is 4.35. The quantitative estimate of drug-likeness (QED) is 0.888. The number of ether oxygens (including phenoxy) is 3. The largest absolute Gasteiger partial charge is 0.497 e. The summed E-state index contributed by atoms with van der Waals surface area (Å²) in [7, 11) is 3.05. The van der Waals surface area contributed by atoms with Crippen molar-refractivity contribution in [2.45, 2.75) is 13.0 Å². The number of methoxy groups -OCH3 is 2. The number of hydrogen-bond donors (Lipinski definition) is 1. The standard InChI is InChI=1S/C17H18FNO4/c1-11(23-13-6-4-12(18)5-7-13)17(20)19-15-10-14(21-2)8-9-16(15)22-3/h4-11H,1-3H3,(H,19,20)/t11-/m1/s1. The molecule has 2 aromatic carbocycles. The van der Waals surface area contributed by atoms with E-state index in [2.05, 4.69) is 5.32 Å². The second-order valence-electron chi connectivity index (χ2n) is 4.77. The Balaban J connectivity index is 2.07. The summed E-state index contributed by atoms with van der Waals surface area (Å²) < 4.78 is 28.7. The van der Waals surface area contributed by atoms with Gasteiger partial charge in [-0.3, -0.25) is 4.79 Å². The Bertz CT molecular complexity index is 673. The van der Waals surface area contributed by atoms with Gasteiger partial charge >= 0.3 is 0 Å². The zero-order chi connectivity index (χ0) is 16.8. The lowest BCUT2D eigenvalue weighted by Gasteiger charge is -2.16. The van der Waals surface area contributed by atoms with Crippen LogP contribution in [0.5, 0.6) is 17.2 Å². The smallest absolute Gasteiger partial charge is 0.265 e. The molecule has 23 heavy (non-hydrogen) atoms. The molecule has 0 heterocycles. The van der Waals surface area contributed by atoms with Crippen LogP contribution in [0.3, 0.4) is 0 Å². The number of hydrogen-bond acceptors (Lipinski definition) is 4. The predicted octanol–water partition coefficient (Wildman–Crippen LogP) is 3.25. The van der Waals surface area contributed by atoms with Crippen molar-refractivity contribution in [3.05, 3.63) is 48.3 Å². The first-order chi connectivity index (χ1) is 11.0. The first-order valence-electron chi connectivity index (χ1n) is 6.98. The van der Waals surface area contributed by atoms with Gasteiger partial charge in [0.1, 0.15) is 23.1 Å². The number of amides is 1. The highest BCUT2D eigenvalue weighted by atomic mass is 19.1. The molecule has 0 bridgehead atoms. The highest BCUT2D eigenvalue weighted by molar-refractivity contribution is 5.95. The van der Waals surface area contributed by atoms with Crippen molar-refractivity contribution in [1.82, 2.24) is 0 Å². The summed E-state index contributed by atoms with van der Waals surface area (Å²) in [4.78, 5) is 12.2. The number of carbonyl (C=O) groups excluding carboxylic acids is 1. The Morgan fingerprint density at radius 2 is 1.70 bits per heavy atom. The zero-order valence-electron chi connectivity index (χ0n) is 13.1. The maximum atomic E-state index is 12.9. The Kier molecular flexibility index (Phi) is 5.41. The fourth-order valence-corrected chi connectivity index (χ4v) is 1.92. The molecule has 0 unspecified atom stereocenters. The van der Waals surface area contributed by atoms with E-state index in [0.717, 1.165) is 0 Å². The summed E-state index contributed by atoms with van der Waals surface area (Å²) in [5, 5.41) is 2.72. The van der Waals surface area contributed by atoms with E-state index in [1.165, 1.54) is 38.5 Å². The summed E-state index contributed by atoms with van der Waals surface area (Å²) in [5.41, 5.74) is 0.478. The fraction of sp³-hybridized carbons (Fsp3) is 0.235. The zero-order valence-corrected chi connectivity index (χ0v) is 13.1.